The topological polar surface area (TPSA) is 99.1 Å². The van der Waals surface area contributed by atoms with Crippen molar-refractivity contribution in [3.63, 3.8) is 0 Å². The summed E-state index contributed by atoms with van der Waals surface area (Å²) in [5.41, 5.74) is 0.415. The van der Waals surface area contributed by atoms with Crippen molar-refractivity contribution in [3.05, 3.63) is 29.8 Å². The van der Waals surface area contributed by atoms with Gasteiger partial charge in [0.25, 0.3) is 0 Å². The fraction of sp³-hybridized carbons (Fsp3) is 0.385. The van der Waals surface area contributed by atoms with Crippen LogP contribution in [0.3, 0.4) is 0 Å². The van der Waals surface area contributed by atoms with Crippen LogP contribution in [0, 0.1) is 11.3 Å². The molecular formula is C13H17N3O3S. The molecule has 20 heavy (non-hydrogen) atoms. The molecule has 0 bridgehead atoms. The second-order valence-corrected chi connectivity index (χ2v) is 6.19. The third-order valence-electron chi connectivity index (χ3n) is 2.55. The second kappa shape index (κ2) is 7.62. The van der Waals surface area contributed by atoms with E-state index in [1.165, 1.54) is 24.3 Å². The van der Waals surface area contributed by atoms with Crippen molar-refractivity contribution in [2.24, 2.45) is 0 Å². The molecule has 1 amide bonds. The number of nitrogens with one attached hydrogen (secondary N) is 2. The average molecular weight is 295 g/mol. The number of amides is 1. The van der Waals surface area contributed by atoms with Gasteiger partial charge in [-0.2, -0.15) is 5.26 Å². The number of rotatable bonds is 7. The normalized spacial score (nSPS) is 10.8. The Hall–Kier alpha value is -1.91. The Morgan fingerprint density at radius 3 is 2.50 bits per heavy atom. The van der Waals surface area contributed by atoms with E-state index in [0.29, 0.717) is 12.1 Å². The second-order valence-electron chi connectivity index (χ2n) is 4.09. The molecule has 1 aromatic rings. The van der Waals surface area contributed by atoms with Gasteiger partial charge in [-0.05, 0) is 31.2 Å². The van der Waals surface area contributed by atoms with Gasteiger partial charge in [0.1, 0.15) is 0 Å². The van der Waals surface area contributed by atoms with Crippen LogP contribution in [0.2, 0.25) is 0 Å². The van der Waals surface area contributed by atoms with E-state index in [1.54, 1.807) is 0 Å². The molecule has 0 spiro atoms. The summed E-state index contributed by atoms with van der Waals surface area (Å²) in [5.74, 6) is -0.263. The van der Waals surface area contributed by atoms with Crippen molar-refractivity contribution >= 4 is 15.7 Å². The first kappa shape index (κ1) is 16.1. The Morgan fingerprint density at radius 2 is 1.95 bits per heavy atom. The maximum Gasteiger partial charge on any atom is 0.233 e. The van der Waals surface area contributed by atoms with Crippen molar-refractivity contribution in [3.8, 4) is 6.07 Å². The largest absolute Gasteiger partial charge is 0.355 e. The lowest BCUT2D eigenvalue weighted by Gasteiger charge is -2.06. The predicted molar refractivity (Wildman–Crippen MR) is 74.8 cm³/mol. The standard InChI is InChI=1S/C13H17N3O3S/c1-2-16-13(17)10-15-7-8-20(18,19)12-5-3-11(9-14)4-6-12/h3-6,15H,2,7-8,10H2,1H3,(H,16,17). The van der Waals surface area contributed by atoms with Gasteiger partial charge in [-0.25, -0.2) is 8.42 Å². The van der Waals surface area contributed by atoms with Crippen molar-refractivity contribution in [1.82, 2.24) is 10.6 Å². The predicted octanol–water partition coefficient (Wildman–Crippen LogP) is 0.0577. The van der Waals surface area contributed by atoms with Crippen molar-refractivity contribution in [1.29, 1.82) is 5.26 Å². The molecule has 0 aliphatic carbocycles. The third kappa shape index (κ3) is 4.99. The van der Waals surface area contributed by atoms with Gasteiger partial charge in [-0.1, -0.05) is 0 Å². The number of carbonyl (C=O) groups excluding carboxylic acids is 1. The molecule has 0 saturated carbocycles. The molecule has 7 heteroatoms. The van der Waals surface area contributed by atoms with Crippen LogP contribution in [0.15, 0.2) is 29.2 Å². The maximum absolute atomic E-state index is 12.0. The fourth-order valence-corrected chi connectivity index (χ4v) is 2.72. The number of hydrogen-bond acceptors (Lipinski definition) is 5. The molecule has 0 saturated heterocycles. The number of hydrogen-bond donors (Lipinski definition) is 2. The molecule has 1 rings (SSSR count). The first-order chi connectivity index (χ1) is 9.49. The molecule has 0 aromatic heterocycles. The van der Waals surface area contributed by atoms with E-state index in [9.17, 15) is 13.2 Å². The number of nitriles is 1. The number of carbonyl (C=O) groups is 1. The SMILES string of the molecule is CCNC(=O)CNCCS(=O)(=O)c1ccc(C#N)cc1. The lowest BCUT2D eigenvalue weighted by molar-refractivity contribution is -0.120. The monoisotopic (exact) mass is 295 g/mol. The van der Waals surface area contributed by atoms with Crippen LogP contribution < -0.4 is 10.6 Å². The van der Waals surface area contributed by atoms with E-state index < -0.39 is 9.84 Å². The van der Waals surface area contributed by atoms with Crippen molar-refractivity contribution in [2.75, 3.05) is 25.4 Å². The Bertz CT molecular complexity index is 588. The van der Waals surface area contributed by atoms with Gasteiger partial charge in [0, 0.05) is 13.1 Å². The molecule has 0 radical (unpaired) electrons. The molecule has 0 heterocycles. The summed E-state index contributed by atoms with van der Waals surface area (Å²) in [6.07, 6.45) is 0. The molecule has 6 nitrogen and oxygen atoms in total. The van der Waals surface area contributed by atoms with E-state index in [1.807, 2.05) is 13.0 Å². The highest BCUT2D eigenvalue weighted by atomic mass is 32.2. The number of nitrogens with zero attached hydrogens (tertiary/aromatic N) is 1. The van der Waals surface area contributed by atoms with E-state index in [-0.39, 0.29) is 29.6 Å². The van der Waals surface area contributed by atoms with Gasteiger partial charge in [0.2, 0.25) is 5.91 Å². The molecular weight excluding hydrogens is 278 g/mol. The Balaban J connectivity index is 2.49. The van der Waals surface area contributed by atoms with Crippen molar-refractivity contribution in [2.45, 2.75) is 11.8 Å². The van der Waals surface area contributed by atoms with Crippen LogP contribution in [0.25, 0.3) is 0 Å². The summed E-state index contributed by atoms with van der Waals surface area (Å²) in [5, 5.41) is 14.0. The summed E-state index contributed by atoms with van der Waals surface area (Å²) in [6, 6.07) is 7.69. The molecule has 0 atom stereocenters. The van der Waals surface area contributed by atoms with Gasteiger partial charge >= 0.3 is 0 Å². The zero-order valence-corrected chi connectivity index (χ0v) is 12.0. The van der Waals surface area contributed by atoms with Crippen LogP contribution >= 0.6 is 0 Å². The van der Waals surface area contributed by atoms with E-state index in [2.05, 4.69) is 10.6 Å². The maximum atomic E-state index is 12.0. The number of sulfone groups is 1. The molecule has 2 N–H and O–H groups in total. The average Bonchev–Trinajstić information content (AvgIpc) is 2.44. The zero-order valence-electron chi connectivity index (χ0n) is 11.2. The first-order valence-corrected chi connectivity index (χ1v) is 7.85. The lowest BCUT2D eigenvalue weighted by atomic mass is 10.2. The van der Waals surface area contributed by atoms with E-state index in [0.717, 1.165) is 0 Å². The number of benzene rings is 1. The Labute approximate surface area is 118 Å². The molecule has 0 unspecified atom stereocenters. The minimum Gasteiger partial charge on any atom is -0.355 e. The van der Waals surface area contributed by atoms with Crippen molar-refractivity contribution < 1.29 is 13.2 Å². The summed E-state index contributed by atoms with van der Waals surface area (Å²) in [7, 11) is -3.40. The fourth-order valence-electron chi connectivity index (χ4n) is 1.52. The summed E-state index contributed by atoms with van der Waals surface area (Å²) in [6.45, 7) is 2.65. The van der Waals surface area contributed by atoms with Crippen LogP contribution in [-0.4, -0.2) is 39.7 Å². The highest BCUT2D eigenvalue weighted by molar-refractivity contribution is 7.91. The van der Waals surface area contributed by atoms with Crippen LogP contribution in [0.4, 0.5) is 0 Å². The third-order valence-corrected chi connectivity index (χ3v) is 4.28. The van der Waals surface area contributed by atoms with E-state index >= 15 is 0 Å². The highest BCUT2D eigenvalue weighted by Crippen LogP contribution is 2.11. The molecule has 1 aromatic carbocycles. The highest BCUT2D eigenvalue weighted by Gasteiger charge is 2.13. The van der Waals surface area contributed by atoms with Gasteiger partial charge in [0.05, 0.1) is 28.8 Å². The quantitative estimate of drug-likeness (QED) is 0.693. The first-order valence-electron chi connectivity index (χ1n) is 6.20. The van der Waals surface area contributed by atoms with Crippen LogP contribution in [0.1, 0.15) is 12.5 Å². The lowest BCUT2D eigenvalue weighted by Crippen LogP contribution is -2.35. The minimum atomic E-state index is -3.40. The number of likely N-dealkylation sites (N-methyl/N-ethyl adjacent to an activating group) is 1. The van der Waals surface area contributed by atoms with Gasteiger partial charge < -0.3 is 10.6 Å². The Morgan fingerprint density at radius 1 is 1.30 bits per heavy atom. The molecule has 108 valence electrons. The molecule has 0 aliphatic heterocycles. The minimum absolute atomic E-state index is 0.0940. The smallest absolute Gasteiger partial charge is 0.233 e. The summed E-state index contributed by atoms with van der Waals surface area (Å²) >= 11 is 0. The van der Waals surface area contributed by atoms with Gasteiger partial charge in [0.15, 0.2) is 9.84 Å². The van der Waals surface area contributed by atoms with E-state index in [4.69, 9.17) is 5.26 Å². The molecule has 0 aliphatic rings. The Kier molecular flexibility index (Phi) is 6.15. The summed E-state index contributed by atoms with van der Waals surface area (Å²) in [4.78, 5) is 11.3. The van der Waals surface area contributed by atoms with Crippen LogP contribution in [-0.2, 0) is 14.6 Å². The van der Waals surface area contributed by atoms with Crippen LogP contribution in [0.5, 0.6) is 0 Å². The van der Waals surface area contributed by atoms with Gasteiger partial charge in [-0.3, -0.25) is 4.79 Å². The zero-order chi connectivity index (χ0) is 15.0. The molecule has 0 fully saturated rings. The van der Waals surface area contributed by atoms with Gasteiger partial charge in [-0.15, -0.1) is 0 Å². The summed E-state index contributed by atoms with van der Waals surface area (Å²) < 4.78 is 24.0.